The number of hydrogen-bond acceptors (Lipinski definition) is 6. The van der Waals surface area contributed by atoms with E-state index in [1.165, 1.54) is 0 Å². The second-order valence-electron chi connectivity index (χ2n) is 8.20. The van der Waals surface area contributed by atoms with Crippen molar-refractivity contribution in [2.24, 2.45) is 5.73 Å². The van der Waals surface area contributed by atoms with E-state index >= 15 is 0 Å². The molecule has 0 aliphatic carbocycles. The lowest BCUT2D eigenvalue weighted by molar-refractivity contribution is -0.119. The number of hydrogen-bond donors (Lipinski definition) is 1. The molecule has 0 saturated carbocycles. The summed E-state index contributed by atoms with van der Waals surface area (Å²) in [6, 6.07) is 11.7. The Morgan fingerprint density at radius 1 is 1.16 bits per heavy atom. The fraction of sp³-hybridized carbons (Fsp3) is 0.292. The lowest BCUT2D eigenvalue weighted by atomic mass is 9.98. The fourth-order valence-electron chi connectivity index (χ4n) is 3.92. The molecule has 0 spiro atoms. The Morgan fingerprint density at radius 2 is 1.88 bits per heavy atom. The van der Waals surface area contributed by atoms with Crippen molar-refractivity contribution in [1.82, 2.24) is 9.80 Å². The summed E-state index contributed by atoms with van der Waals surface area (Å²) in [5.41, 5.74) is 7.36. The van der Waals surface area contributed by atoms with Gasteiger partial charge in [0.05, 0.1) is 17.0 Å². The number of ether oxygens (including phenoxy) is 1. The van der Waals surface area contributed by atoms with Gasteiger partial charge in [-0.15, -0.1) is 0 Å². The van der Waals surface area contributed by atoms with Crippen molar-refractivity contribution in [2.45, 2.75) is 13.0 Å². The highest BCUT2D eigenvalue weighted by molar-refractivity contribution is 5.99. The number of likely N-dealkylation sites (N-methyl/N-ethyl adjacent to an activating group) is 1. The van der Waals surface area contributed by atoms with Crippen LogP contribution in [-0.2, 0) is 4.79 Å². The Hall–Kier alpha value is -3.65. The Bertz CT molecular complexity index is 1250. The topological polar surface area (TPSA) is 106 Å². The van der Waals surface area contributed by atoms with Crippen molar-refractivity contribution in [3.8, 4) is 5.75 Å². The molecule has 2 aromatic carbocycles. The van der Waals surface area contributed by atoms with Crippen LogP contribution in [0.4, 0.5) is 0 Å². The number of nitrogens with zero attached hydrogens (tertiary/aromatic N) is 2. The molecular formula is C24H25N3O5. The van der Waals surface area contributed by atoms with Crippen molar-refractivity contribution in [1.29, 1.82) is 0 Å². The quantitative estimate of drug-likeness (QED) is 0.609. The van der Waals surface area contributed by atoms with Gasteiger partial charge in [0.15, 0.2) is 12.0 Å². The van der Waals surface area contributed by atoms with Gasteiger partial charge in [-0.1, -0.05) is 23.8 Å². The Balaban J connectivity index is 1.82. The second-order valence-corrected chi connectivity index (χ2v) is 8.20. The number of primary amides is 1. The van der Waals surface area contributed by atoms with Crippen LogP contribution >= 0.6 is 0 Å². The maximum atomic E-state index is 13.5. The molecule has 1 aliphatic heterocycles. The van der Waals surface area contributed by atoms with Gasteiger partial charge in [0.25, 0.3) is 11.8 Å². The summed E-state index contributed by atoms with van der Waals surface area (Å²) in [6.45, 7) is 2.73. The first-order valence-electron chi connectivity index (χ1n) is 10.3. The number of fused-ring (bicyclic) bond motifs is 2. The van der Waals surface area contributed by atoms with Crippen LogP contribution in [0.3, 0.4) is 0 Å². The first kappa shape index (κ1) is 21.6. The van der Waals surface area contributed by atoms with Crippen LogP contribution in [0.25, 0.3) is 11.0 Å². The third-order valence-electron chi connectivity index (χ3n) is 5.49. The molecule has 4 rings (SSSR count). The molecule has 0 unspecified atom stereocenters. The highest BCUT2D eigenvalue weighted by atomic mass is 16.5. The molecule has 0 radical (unpaired) electrons. The summed E-state index contributed by atoms with van der Waals surface area (Å²) in [5.74, 6) is -0.318. The SMILES string of the molecule is Cc1ccc2oc3c(c(=O)c2c1)[C@@H](c1ccc(OCC(N)=O)cc1)N(CCN(C)C)C3=O. The maximum absolute atomic E-state index is 13.5. The van der Waals surface area contributed by atoms with E-state index in [-0.39, 0.29) is 23.7 Å². The third kappa shape index (κ3) is 3.97. The summed E-state index contributed by atoms with van der Waals surface area (Å²) >= 11 is 0. The van der Waals surface area contributed by atoms with Gasteiger partial charge in [-0.3, -0.25) is 14.4 Å². The van der Waals surface area contributed by atoms with Gasteiger partial charge in [-0.25, -0.2) is 0 Å². The monoisotopic (exact) mass is 435 g/mol. The van der Waals surface area contributed by atoms with Crippen molar-refractivity contribution < 1.29 is 18.7 Å². The minimum atomic E-state index is -0.580. The molecule has 1 aliphatic rings. The minimum absolute atomic E-state index is 0.0872. The fourth-order valence-corrected chi connectivity index (χ4v) is 3.92. The van der Waals surface area contributed by atoms with Crippen LogP contribution in [0.5, 0.6) is 5.75 Å². The third-order valence-corrected chi connectivity index (χ3v) is 5.49. The molecule has 166 valence electrons. The maximum Gasteiger partial charge on any atom is 0.290 e. The van der Waals surface area contributed by atoms with Crippen LogP contribution < -0.4 is 15.9 Å². The van der Waals surface area contributed by atoms with Crippen LogP contribution in [0.1, 0.15) is 33.3 Å². The van der Waals surface area contributed by atoms with E-state index in [4.69, 9.17) is 14.9 Å². The summed E-state index contributed by atoms with van der Waals surface area (Å²) < 4.78 is 11.3. The number of carbonyl (C=O) groups is 2. The molecule has 0 fully saturated rings. The zero-order valence-electron chi connectivity index (χ0n) is 18.3. The molecule has 1 aromatic heterocycles. The van der Waals surface area contributed by atoms with Crippen LogP contribution in [0.15, 0.2) is 51.7 Å². The predicted octanol–water partition coefficient (Wildman–Crippen LogP) is 2.07. The van der Waals surface area contributed by atoms with Crippen molar-refractivity contribution >= 4 is 22.8 Å². The first-order chi connectivity index (χ1) is 15.3. The summed E-state index contributed by atoms with van der Waals surface area (Å²) in [7, 11) is 3.85. The second kappa shape index (κ2) is 8.47. The Morgan fingerprint density at radius 3 is 2.53 bits per heavy atom. The summed E-state index contributed by atoms with van der Waals surface area (Å²) in [6.07, 6.45) is 0. The average Bonchev–Trinajstić information content (AvgIpc) is 3.03. The minimum Gasteiger partial charge on any atom is -0.484 e. The van der Waals surface area contributed by atoms with Crippen molar-refractivity contribution in [2.75, 3.05) is 33.8 Å². The summed E-state index contributed by atoms with van der Waals surface area (Å²) in [5, 5.41) is 0.456. The zero-order valence-corrected chi connectivity index (χ0v) is 18.3. The molecule has 0 bridgehead atoms. The van der Waals surface area contributed by atoms with Crippen LogP contribution in [0.2, 0.25) is 0 Å². The van der Waals surface area contributed by atoms with Crippen LogP contribution in [-0.4, -0.2) is 55.4 Å². The number of rotatable bonds is 7. The molecule has 1 atom stereocenters. The van der Waals surface area contributed by atoms with Gasteiger partial charge >= 0.3 is 0 Å². The highest BCUT2D eigenvalue weighted by Gasteiger charge is 2.42. The van der Waals surface area contributed by atoms with Crippen molar-refractivity contribution in [3.63, 3.8) is 0 Å². The van der Waals surface area contributed by atoms with E-state index in [2.05, 4.69) is 0 Å². The smallest absolute Gasteiger partial charge is 0.290 e. The highest BCUT2D eigenvalue weighted by Crippen LogP contribution is 2.38. The van der Waals surface area contributed by atoms with E-state index in [1.807, 2.05) is 32.0 Å². The first-order valence-corrected chi connectivity index (χ1v) is 10.3. The lowest BCUT2D eigenvalue weighted by Gasteiger charge is -2.26. The molecule has 3 aromatic rings. The average molecular weight is 435 g/mol. The van der Waals surface area contributed by atoms with Crippen LogP contribution in [0, 0.1) is 6.92 Å². The molecule has 8 nitrogen and oxygen atoms in total. The normalized spacial score (nSPS) is 15.4. The number of benzene rings is 2. The van der Waals surface area contributed by atoms with Gasteiger partial charge in [0.1, 0.15) is 11.3 Å². The van der Waals surface area contributed by atoms with E-state index in [0.717, 1.165) is 11.1 Å². The number of nitrogens with two attached hydrogens (primary N) is 1. The van der Waals surface area contributed by atoms with Gasteiger partial charge in [-0.2, -0.15) is 0 Å². The number of aryl methyl sites for hydroxylation is 1. The van der Waals surface area contributed by atoms with E-state index < -0.39 is 11.9 Å². The lowest BCUT2D eigenvalue weighted by Crippen LogP contribution is -2.35. The summed E-state index contributed by atoms with van der Waals surface area (Å²) in [4.78, 5) is 41.4. The molecule has 2 N–H and O–H groups in total. The van der Waals surface area contributed by atoms with E-state index in [0.29, 0.717) is 35.4 Å². The Kier molecular flexibility index (Phi) is 5.71. The van der Waals surface area contributed by atoms with E-state index in [9.17, 15) is 14.4 Å². The molecule has 0 saturated heterocycles. The van der Waals surface area contributed by atoms with E-state index in [1.54, 1.807) is 41.3 Å². The zero-order chi connectivity index (χ0) is 23.0. The van der Waals surface area contributed by atoms with Gasteiger partial charge in [0, 0.05) is 13.1 Å². The number of amides is 2. The number of carbonyl (C=O) groups excluding carboxylic acids is 2. The Labute approximate surface area is 185 Å². The largest absolute Gasteiger partial charge is 0.484 e. The molecule has 2 amide bonds. The molecule has 32 heavy (non-hydrogen) atoms. The van der Waals surface area contributed by atoms with Gasteiger partial charge in [0.2, 0.25) is 5.76 Å². The van der Waals surface area contributed by atoms with Gasteiger partial charge < -0.3 is 24.7 Å². The molecule has 2 heterocycles. The standard InChI is InChI=1S/C24H25N3O5/c1-14-4-9-18-17(12-14)22(29)20-21(15-5-7-16(8-6-15)31-13-19(25)28)27(11-10-26(2)3)24(30)23(20)32-18/h4-9,12,21H,10-11,13H2,1-3H3,(H2,25,28)/t21-/m1/s1. The van der Waals surface area contributed by atoms with Crippen molar-refractivity contribution in [3.05, 3.63) is 75.1 Å². The molecule has 8 heteroatoms. The molecular weight excluding hydrogens is 410 g/mol. The van der Waals surface area contributed by atoms with Gasteiger partial charge in [-0.05, 0) is 50.8 Å². The predicted molar refractivity (Wildman–Crippen MR) is 120 cm³/mol.